The van der Waals surface area contributed by atoms with E-state index in [1.54, 1.807) is 7.11 Å². The lowest BCUT2D eigenvalue weighted by Crippen LogP contribution is -2.66. The van der Waals surface area contributed by atoms with Crippen molar-refractivity contribution in [3.8, 4) is 0 Å². The average molecular weight is 474 g/mol. The summed E-state index contributed by atoms with van der Waals surface area (Å²) in [7, 11) is 1.70. The molecule has 5 fully saturated rings. The Balaban J connectivity index is 1.31. The van der Waals surface area contributed by atoms with E-state index in [1.165, 1.54) is 11.1 Å². The molecule has 8 nitrogen and oxygen atoms in total. The molecule has 2 aliphatic heterocycles. The first-order valence-corrected chi connectivity index (χ1v) is 12.7. The number of hydrogen-bond donors (Lipinski definition) is 0. The molecule has 3 saturated carbocycles. The SMILES string of the molecule is COCOC1CC2(C)C(CCC23OCOC32COCO2)C2CCC3=Cc4oncc4CC3(C)C12. The number of nitrogens with zero attached hydrogens (tertiary/aromatic N) is 1. The van der Waals surface area contributed by atoms with Crippen molar-refractivity contribution in [2.75, 3.05) is 34.1 Å². The third kappa shape index (κ3) is 2.57. The van der Waals surface area contributed by atoms with Crippen LogP contribution in [0.2, 0.25) is 0 Å². The van der Waals surface area contributed by atoms with Gasteiger partial charge >= 0.3 is 0 Å². The van der Waals surface area contributed by atoms with Gasteiger partial charge in [-0.15, -0.1) is 0 Å². The molecule has 186 valence electrons. The van der Waals surface area contributed by atoms with E-state index in [9.17, 15) is 0 Å². The molecule has 8 atom stereocenters. The predicted octanol–water partition coefficient (Wildman–Crippen LogP) is 3.90. The normalized spacial score (nSPS) is 49.1. The van der Waals surface area contributed by atoms with Gasteiger partial charge in [0.2, 0.25) is 5.79 Å². The number of methoxy groups -OCH3 is 1. The van der Waals surface area contributed by atoms with E-state index < -0.39 is 11.4 Å². The van der Waals surface area contributed by atoms with E-state index in [0.29, 0.717) is 24.4 Å². The standard InChI is InChI=1S/C26H35NO7/c1-23-9-16-11-27-34-20(16)8-17(23)4-5-18-19-6-7-25(26(33-15-31-25)12-29-14-32-26)24(19,2)10-21(22(18)23)30-13-28-3/h8,11,18-19,21-22H,4-7,9-10,12-15H2,1-3H3. The lowest BCUT2D eigenvalue weighted by molar-refractivity contribution is -0.264. The molecule has 2 saturated heterocycles. The Kier molecular flexibility index (Phi) is 4.76. The summed E-state index contributed by atoms with van der Waals surface area (Å²) >= 11 is 0. The van der Waals surface area contributed by atoms with Crippen LogP contribution in [-0.4, -0.2) is 56.7 Å². The summed E-state index contributed by atoms with van der Waals surface area (Å²) in [5.41, 5.74) is 2.02. The molecule has 8 heteroatoms. The van der Waals surface area contributed by atoms with Crippen molar-refractivity contribution >= 4 is 6.08 Å². The van der Waals surface area contributed by atoms with Crippen LogP contribution in [-0.2, 0) is 34.8 Å². The smallest absolute Gasteiger partial charge is 0.226 e. The largest absolute Gasteiger partial charge is 0.359 e. The highest BCUT2D eigenvalue weighted by Crippen LogP contribution is 2.71. The van der Waals surface area contributed by atoms with Crippen LogP contribution in [0.1, 0.15) is 57.3 Å². The molecule has 0 bridgehead atoms. The number of aromatic nitrogens is 1. The van der Waals surface area contributed by atoms with Crippen molar-refractivity contribution in [1.29, 1.82) is 0 Å². The molecule has 7 rings (SSSR count). The fraction of sp³-hybridized carbons (Fsp3) is 0.808. The van der Waals surface area contributed by atoms with E-state index in [1.807, 2.05) is 6.20 Å². The van der Waals surface area contributed by atoms with Crippen LogP contribution in [0.5, 0.6) is 0 Å². The third-order valence-corrected chi connectivity index (χ3v) is 10.6. The maximum absolute atomic E-state index is 6.57. The van der Waals surface area contributed by atoms with Gasteiger partial charge in [0.05, 0.1) is 12.3 Å². The second-order valence-corrected chi connectivity index (χ2v) is 11.7. The minimum Gasteiger partial charge on any atom is -0.359 e. The van der Waals surface area contributed by atoms with Gasteiger partial charge in [-0.1, -0.05) is 24.6 Å². The fourth-order valence-electron chi connectivity index (χ4n) is 9.27. The molecule has 1 aromatic rings. The predicted molar refractivity (Wildman–Crippen MR) is 119 cm³/mol. The second-order valence-electron chi connectivity index (χ2n) is 11.7. The van der Waals surface area contributed by atoms with Gasteiger partial charge in [0.15, 0.2) is 19.3 Å². The molecule has 0 amide bonds. The molecule has 1 aromatic heterocycles. The number of ether oxygens (including phenoxy) is 6. The maximum atomic E-state index is 6.57. The zero-order valence-corrected chi connectivity index (χ0v) is 20.3. The van der Waals surface area contributed by atoms with Crippen molar-refractivity contribution in [1.82, 2.24) is 5.16 Å². The monoisotopic (exact) mass is 473 g/mol. The van der Waals surface area contributed by atoms with Crippen molar-refractivity contribution in [2.24, 2.45) is 28.6 Å². The van der Waals surface area contributed by atoms with Crippen molar-refractivity contribution in [2.45, 2.75) is 69.9 Å². The van der Waals surface area contributed by atoms with Crippen LogP contribution >= 0.6 is 0 Å². The van der Waals surface area contributed by atoms with Crippen LogP contribution in [0, 0.1) is 28.6 Å². The Hall–Kier alpha value is -1.29. The Morgan fingerprint density at radius 3 is 2.85 bits per heavy atom. The summed E-state index contributed by atoms with van der Waals surface area (Å²) < 4.78 is 42.2. The second kappa shape index (κ2) is 7.37. The summed E-state index contributed by atoms with van der Waals surface area (Å²) in [6.07, 6.45) is 10.3. The highest BCUT2D eigenvalue weighted by Gasteiger charge is 2.77. The third-order valence-electron chi connectivity index (χ3n) is 10.6. The van der Waals surface area contributed by atoms with Gasteiger partial charge < -0.3 is 32.9 Å². The zero-order chi connectivity index (χ0) is 23.2. The first kappa shape index (κ1) is 21.9. The topological polar surface area (TPSA) is 81.4 Å². The van der Waals surface area contributed by atoms with Gasteiger partial charge in [-0.3, -0.25) is 0 Å². The highest BCUT2D eigenvalue weighted by molar-refractivity contribution is 5.57. The molecular formula is C26H35NO7. The van der Waals surface area contributed by atoms with E-state index >= 15 is 0 Å². The molecule has 8 unspecified atom stereocenters. The Labute approximate surface area is 200 Å². The van der Waals surface area contributed by atoms with Crippen molar-refractivity contribution < 1.29 is 32.9 Å². The fourth-order valence-corrected chi connectivity index (χ4v) is 9.27. The van der Waals surface area contributed by atoms with Gasteiger partial charge in [0.1, 0.15) is 19.0 Å². The summed E-state index contributed by atoms with van der Waals surface area (Å²) in [6, 6.07) is 0. The van der Waals surface area contributed by atoms with Crippen LogP contribution < -0.4 is 0 Å². The molecule has 0 radical (unpaired) electrons. The van der Waals surface area contributed by atoms with Crippen molar-refractivity contribution in [3.63, 3.8) is 0 Å². The summed E-state index contributed by atoms with van der Waals surface area (Å²) in [6.45, 7) is 6.06. The van der Waals surface area contributed by atoms with E-state index in [-0.39, 0.29) is 37.3 Å². The highest BCUT2D eigenvalue weighted by atomic mass is 16.9. The maximum Gasteiger partial charge on any atom is 0.226 e. The van der Waals surface area contributed by atoms with E-state index in [2.05, 4.69) is 25.1 Å². The molecule has 0 aromatic carbocycles. The molecule has 3 heterocycles. The number of allylic oxidation sites excluding steroid dienone is 1. The van der Waals surface area contributed by atoms with Crippen LogP contribution in [0.15, 0.2) is 16.3 Å². The first-order chi connectivity index (χ1) is 16.5. The number of rotatable bonds is 3. The van der Waals surface area contributed by atoms with Gasteiger partial charge in [-0.2, -0.15) is 0 Å². The summed E-state index contributed by atoms with van der Waals surface area (Å²) in [4.78, 5) is 0. The zero-order valence-electron chi connectivity index (χ0n) is 20.3. The summed E-state index contributed by atoms with van der Waals surface area (Å²) in [5.74, 6) is 1.52. The minimum absolute atomic E-state index is 0.00858. The molecule has 6 aliphatic rings. The van der Waals surface area contributed by atoms with Crippen LogP contribution in [0.4, 0.5) is 0 Å². The summed E-state index contributed by atoms with van der Waals surface area (Å²) in [5, 5.41) is 4.09. The van der Waals surface area contributed by atoms with Gasteiger partial charge in [0.25, 0.3) is 0 Å². The van der Waals surface area contributed by atoms with Crippen LogP contribution in [0.3, 0.4) is 0 Å². The van der Waals surface area contributed by atoms with Gasteiger partial charge in [-0.25, -0.2) is 0 Å². The van der Waals surface area contributed by atoms with Gasteiger partial charge in [0, 0.05) is 18.1 Å². The Bertz CT molecular complexity index is 996. The average Bonchev–Trinajstić information content (AvgIpc) is 3.60. The van der Waals surface area contributed by atoms with E-state index in [0.717, 1.165) is 44.3 Å². The Morgan fingerprint density at radius 1 is 1.15 bits per heavy atom. The quantitative estimate of drug-likeness (QED) is 0.612. The lowest BCUT2D eigenvalue weighted by atomic mass is 9.45. The first-order valence-electron chi connectivity index (χ1n) is 12.7. The van der Waals surface area contributed by atoms with E-state index in [4.69, 9.17) is 32.9 Å². The van der Waals surface area contributed by atoms with Crippen LogP contribution in [0.25, 0.3) is 6.08 Å². The molecule has 2 spiro atoms. The van der Waals surface area contributed by atoms with Crippen molar-refractivity contribution in [3.05, 3.63) is 23.1 Å². The molecule has 4 aliphatic carbocycles. The molecular weight excluding hydrogens is 438 g/mol. The molecule has 34 heavy (non-hydrogen) atoms. The lowest BCUT2D eigenvalue weighted by Gasteiger charge is -2.62. The number of hydrogen-bond acceptors (Lipinski definition) is 8. The molecule has 0 N–H and O–H groups in total. The minimum atomic E-state index is -0.818. The Morgan fingerprint density at radius 2 is 2.03 bits per heavy atom. The van der Waals surface area contributed by atoms with Gasteiger partial charge in [-0.05, 0) is 67.8 Å². The number of fused-ring (bicyclic) bond motifs is 8.